The number of ether oxygens (including phenoxy) is 1. The van der Waals surface area contributed by atoms with Crippen molar-refractivity contribution in [2.45, 2.75) is 26.2 Å². The number of pyridine rings is 1. The maximum Gasteiger partial charge on any atom is 0.219 e. The van der Waals surface area contributed by atoms with Gasteiger partial charge in [-0.1, -0.05) is 32.0 Å². The van der Waals surface area contributed by atoms with Crippen molar-refractivity contribution in [1.82, 2.24) is 4.98 Å². The van der Waals surface area contributed by atoms with Crippen LogP contribution in [0, 0.1) is 0 Å². The summed E-state index contributed by atoms with van der Waals surface area (Å²) in [5.74, 6) is 1.95. The Kier molecular flexibility index (Phi) is 4.53. The predicted molar refractivity (Wildman–Crippen MR) is 77.6 cm³/mol. The number of nitrogens with zero attached hydrogens (tertiary/aromatic N) is 1. The number of hydrogen-bond donors (Lipinski definition) is 1. The van der Waals surface area contributed by atoms with Gasteiger partial charge in [0.25, 0.3) is 0 Å². The molecule has 0 aliphatic carbocycles. The van der Waals surface area contributed by atoms with Gasteiger partial charge in [-0.3, -0.25) is 0 Å². The summed E-state index contributed by atoms with van der Waals surface area (Å²) in [6.45, 7) is 4.99. The molecule has 0 radical (unpaired) electrons. The highest BCUT2D eigenvalue weighted by molar-refractivity contribution is 5.32. The van der Waals surface area contributed by atoms with Crippen molar-refractivity contribution in [2.75, 3.05) is 6.54 Å². The summed E-state index contributed by atoms with van der Waals surface area (Å²) in [6, 6.07) is 12.0. The molecule has 0 aliphatic heterocycles. The zero-order valence-corrected chi connectivity index (χ0v) is 11.5. The Bertz CT molecular complexity index is 503. The van der Waals surface area contributed by atoms with Crippen LogP contribution in [-0.4, -0.2) is 11.5 Å². The first-order valence-corrected chi connectivity index (χ1v) is 6.62. The Labute approximate surface area is 114 Å². The minimum Gasteiger partial charge on any atom is -0.439 e. The number of aromatic nitrogens is 1. The average molecular weight is 256 g/mol. The number of benzene rings is 1. The molecule has 0 aliphatic rings. The Morgan fingerprint density at radius 2 is 1.84 bits per heavy atom. The highest BCUT2D eigenvalue weighted by Crippen LogP contribution is 2.22. The molecule has 0 fully saturated rings. The van der Waals surface area contributed by atoms with Crippen molar-refractivity contribution in [3.05, 3.63) is 53.7 Å². The van der Waals surface area contributed by atoms with E-state index in [1.165, 1.54) is 5.56 Å². The summed E-state index contributed by atoms with van der Waals surface area (Å²) < 4.78 is 5.70. The summed E-state index contributed by atoms with van der Waals surface area (Å²) in [7, 11) is 0. The Morgan fingerprint density at radius 1 is 1.11 bits per heavy atom. The standard InChI is InChI=1S/C16H20N2O/c1-12(2)14-4-6-15(7-5-14)19-16-8-3-13(9-10-17)11-18-16/h3-8,11-12H,9-10,17H2,1-2H3. The lowest BCUT2D eigenvalue weighted by atomic mass is 10.0. The molecule has 0 atom stereocenters. The lowest BCUT2D eigenvalue weighted by Crippen LogP contribution is -2.02. The van der Waals surface area contributed by atoms with Gasteiger partial charge in [-0.05, 0) is 42.1 Å². The third kappa shape index (κ3) is 3.80. The second-order valence-electron chi connectivity index (χ2n) is 4.87. The van der Waals surface area contributed by atoms with Gasteiger partial charge in [0.05, 0.1) is 0 Å². The van der Waals surface area contributed by atoms with Crippen LogP contribution in [0.15, 0.2) is 42.6 Å². The first kappa shape index (κ1) is 13.6. The van der Waals surface area contributed by atoms with E-state index in [1.54, 1.807) is 0 Å². The van der Waals surface area contributed by atoms with Gasteiger partial charge < -0.3 is 10.5 Å². The van der Waals surface area contributed by atoms with Crippen molar-refractivity contribution >= 4 is 0 Å². The van der Waals surface area contributed by atoms with Crippen molar-refractivity contribution in [3.63, 3.8) is 0 Å². The van der Waals surface area contributed by atoms with Crippen LogP contribution in [0.3, 0.4) is 0 Å². The molecule has 0 amide bonds. The van der Waals surface area contributed by atoms with E-state index in [-0.39, 0.29) is 0 Å². The van der Waals surface area contributed by atoms with Gasteiger partial charge >= 0.3 is 0 Å². The monoisotopic (exact) mass is 256 g/mol. The normalized spacial score (nSPS) is 10.7. The van der Waals surface area contributed by atoms with Gasteiger partial charge in [-0.15, -0.1) is 0 Å². The minimum absolute atomic E-state index is 0.530. The number of rotatable bonds is 5. The van der Waals surface area contributed by atoms with E-state index in [1.807, 2.05) is 30.5 Å². The van der Waals surface area contributed by atoms with E-state index in [4.69, 9.17) is 10.5 Å². The van der Waals surface area contributed by atoms with E-state index < -0.39 is 0 Å². The fourth-order valence-electron chi connectivity index (χ4n) is 1.83. The van der Waals surface area contributed by atoms with Crippen molar-refractivity contribution in [1.29, 1.82) is 0 Å². The SMILES string of the molecule is CC(C)c1ccc(Oc2ccc(CCN)cn2)cc1. The molecular weight excluding hydrogens is 236 g/mol. The average Bonchev–Trinajstić information content (AvgIpc) is 2.42. The van der Waals surface area contributed by atoms with Crippen LogP contribution in [-0.2, 0) is 6.42 Å². The van der Waals surface area contributed by atoms with Crippen LogP contribution in [0.5, 0.6) is 11.6 Å². The molecule has 2 rings (SSSR count). The van der Waals surface area contributed by atoms with Crippen LogP contribution in [0.4, 0.5) is 0 Å². The molecule has 1 aromatic carbocycles. The van der Waals surface area contributed by atoms with Crippen LogP contribution >= 0.6 is 0 Å². The lowest BCUT2D eigenvalue weighted by molar-refractivity contribution is 0.462. The Hall–Kier alpha value is -1.87. The molecule has 0 saturated heterocycles. The molecule has 0 saturated carbocycles. The van der Waals surface area contributed by atoms with Crippen molar-refractivity contribution < 1.29 is 4.74 Å². The number of nitrogens with two attached hydrogens (primary N) is 1. The molecule has 19 heavy (non-hydrogen) atoms. The summed E-state index contributed by atoms with van der Waals surface area (Å²) >= 11 is 0. The molecule has 0 bridgehead atoms. The fraction of sp³-hybridized carbons (Fsp3) is 0.312. The minimum atomic E-state index is 0.530. The predicted octanol–water partition coefficient (Wildman–Crippen LogP) is 3.50. The van der Waals surface area contributed by atoms with Crippen LogP contribution < -0.4 is 10.5 Å². The van der Waals surface area contributed by atoms with Gasteiger partial charge in [0.2, 0.25) is 5.88 Å². The molecule has 0 unspecified atom stereocenters. The van der Waals surface area contributed by atoms with E-state index in [2.05, 4.69) is 31.0 Å². The van der Waals surface area contributed by atoms with Crippen molar-refractivity contribution in [3.8, 4) is 11.6 Å². The third-order valence-electron chi connectivity index (χ3n) is 3.00. The maximum atomic E-state index is 5.70. The molecule has 2 N–H and O–H groups in total. The third-order valence-corrected chi connectivity index (χ3v) is 3.00. The fourth-order valence-corrected chi connectivity index (χ4v) is 1.83. The molecular formula is C16H20N2O. The smallest absolute Gasteiger partial charge is 0.219 e. The molecule has 1 aromatic heterocycles. The first-order chi connectivity index (χ1) is 9.19. The Morgan fingerprint density at radius 3 is 2.37 bits per heavy atom. The highest BCUT2D eigenvalue weighted by Gasteiger charge is 2.02. The second kappa shape index (κ2) is 6.34. The second-order valence-corrected chi connectivity index (χ2v) is 4.87. The first-order valence-electron chi connectivity index (χ1n) is 6.62. The quantitative estimate of drug-likeness (QED) is 0.890. The van der Waals surface area contributed by atoms with Crippen LogP contribution in [0.2, 0.25) is 0 Å². The molecule has 3 nitrogen and oxygen atoms in total. The molecule has 3 heteroatoms. The number of hydrogen-bond acceptors (Lipinski definition) is 3. The largest absolute Gasteiger partial charge is 0.439 e. The zero-order valence-electron chi connectivity index (χ0n) is 11.5. The summed E-state index contributed by atoms with van der Waals surface area (Å²) in [5.41, 5.74) is 7.94. The van der Waals surface area contributed by atoms with Gasteiger partial charge in [0.1, 0.15) is 5.75 Å². The van der Waals surface area contributed by atoms with Crippen LogP contribution in [0.25, 0.3) is 0 Å². The van der Waals surface area contributed by atoms with Gasteiger partial charge in [0.15, 0.2) is 0 Å². The van der Waals surface area contributed by atoms with Crippen molar-refractivity contribution in [2.24, 2.45) is 5.73 Å². The van der Waals surface area contributed by atoms with E-state index in [0.717, 1.165) is 17.7 Å². The summed E-state index contributed by atoms with van der Waals surface area (Å²) in [6.07, 6.45) is 2.65. The lowest BCUT2D eigenvalue weighted by Gasteiger charge is -2.08. The Balaban J connectivity index is 2.04. The molecule has 1 heterocycles. The molecule has 0 spiro atoms. The molecule has 2 aromatic rings. The van der Waals surface area contributed by atoms with Gasteiger partial charge in [-0.2, -0.15) is 0 Å². The van der Waals surface area contributed by atoms with E-state index in [9.17, 15) is 0 Å². The van der Waals surface area contributed by atoms with Gasteiger partial charge in [0, 0.05) is 12.3 Å². The summed E-state index contributed by atoms with van der Waals surface area (Å²) in [4.78, 5) is 4.27. The van der Waals surface area contributed by atoms with E-state index >= 15 is 0 Å². The highest BCUT2D eigenvalue weighted by atomic mass is 16.5. The van der Waals surface area contributed by atoms with Gasteiger partial charge in [-0.25, -0.2) is 4.98 Å². The maximum absolute atomic E-state index is 5.70. The zero-order chi connectivity index (χ0) is 13.7. The summed E-state index contributed by atoms with van der Waals surface area (Å²) in [5, 5.41) is 0. The topological polar surface area (TPSA) is 48.1 Å². The molecule has 100 valence electrons. The van der Waals surface area contributed by atoms with E-state index in [0.29, 0.717) is 18.3 Å². The van der Waals surface area contributed by atoms with Crippen LogP contribution in [0.1, 0.15) is 30.9 Å².